The van der Waals surface area contributed by atoms with Crippen molar-refractivity contribution >= 4 is 26.6 Å². The van der Waals surface area contributed by atoms with Crippen molar-refractivity contribution in [2.24, 2.45) is 0 Å². The van der Waals surface area contributed by atoms with Crippen LogP contribution in [0.3, 0.4) is 0 Å². The minimum atomic E-state index is -4.03. The van der Waals surface area contributed by atoms with Gasteiger partial charge in [-0.2, -0.15) is 0 Å². The number of nitrogens with zero attached hydrogens (tertiary/aromatic N) is 1. The van der Waals surface area contributed by atoms with Crippen LogP contribution in [-0.2, 0) is 27.6 Å². The van der Waals surface area contributed by atoms with Crippen LogP contribution in [0.2, 0.25) is 0 Å². The molecule has 2 aromatic carbocycles. The zero-order valence-corrected chi connectivity index (χ0v) is 19.0. The second-order valence-electron chi connectivity index (χ2n) is 8.37. The number of aryl methyl sites for hydroxylation is 1. The third-order valence-electron chi connectivity index (χ3n) is 6.15. The Kier molecular flexibility index (Phi) is 6.46. The highest BCUT2D eigenvalue weighted by Crippen LogP contribution is 2.23. The summed E-state index contributed by atoms with van der Waals surface area (Å²) < 4.78 is 27.9. The van der Waals surface area contributed by atoms with Crippen LogP contribution >= 0.6 is 0 Å². The number of amides is 1. The fourth-order valence-electron chi connectivity index (χ4n) is 4.37. The number of hydrogen-bond donors (Lipinski definition) is 1. The van der Waals surface area contributed by atoms with Gasteiger partial charge < -0.3 is 5.32 Å². The number of hydrogen-bond acceptors (Lipinski definition) is 4. The predicted octanol–water partition coefficient (Wildman–Crippen LogP) is 3.85. The van der Waals surface area contributed by atoms with Crippen molar-refractivity contribution in [3.63, 3.8) is 0 Å². The molecule has 1 aliphatic carbocycles. The number of benzene rings is 2. The van der Waals surface area contributed by atoms with Gasteiger partial charge in [-0.1, -0.05) is 50.5 Å². The van der Waals surface area contributed by atoms with Crippen LogP contribution < -0.4 is 10.9 Å². The second-order valence-corrected chi connectivity index (χ2v) is 10.3. The van der Waals surface area contributed by atoms with Crippen LogP contribution in [0, 0.1) is 0 Å². The molecule has 1 heterocycles. The topological polar surface area (TPSA) is 85.2 Å². The van der Waals surface area contributed by atoms with E-state index < -0.39 is 15.4 Å². The van der Waals surface area contributed by atoms with Gasteiger partial charge in [0.25, 0.3) is 5.56 Å². The van der Waals surface area contributed by atoms with E-state index in [0.717, 1.165) is 37.7 Å². The average Bonchev–Trinajstić information content (AvgIpc) is 2.81. The summed E-state index contributed by atoms with van der Waals surface area (Å²) in [5, 5.41) is 3.65. The number of nitrogens with one attached hydrogen (secondary N) is 1. The molecule has 1 N–H and O–H groups in total. The van der Waals surface area contributed by atoms with Crippen molar-refractivity contribution in [3.8, 4) is 0 Å². The largest absolute Gasteiger partial charge is 0.352 e. The normalized spacial score (nSPS) is 15.0. The monoisotopic (exact) mass is 452 g/mol. The molecule has 0 radical (unpaired) electrons. The summed E-state index contributed by atoms with van der Waals surface area (Å²) in [4.78, 5) is 25.9. The lowest BCUT2D eigenvalue weighted by molar-refractivity contribution is -0.122. The number of carbonyl (C=O) groups excluding carboxylic acids is 1. The first kappa shape index (κ1) is 22.3. The van der Waals surface area contributed by atoms with E-state index in [1.165, 1.54) is 29.2 Å². The number of aromatic nitrogens is 1. The molecule has 168 valence electrons. The number of pyridine rings is 1. The minimum absolute atomic E-state index is 0.0568. The van der Waals surface area contributed by atoms with Crippen LogP contribution in [0.4, 0.5) is 0 Å². The fourth-order valence-corrected chi connectivity index (χ4v) is 5.76. The molecule has 4 rings (SSSR count). The zero-order chi connectivity index (χ0) is 22.7. The van der Waals surface area contributed by atoms with E-state index >= 15 is 0 Å². The first-order chi connectivity index (χ1) is 15.4. The number of sulfone groups is 1. The van der Waals surface area contributed by atoms with E-state index in [-0.39, 0.29) is 28.3 Å². The molecule has 32 heavy (non-hydrogen) atoms. The van der Waals surface area contributed by atoms with Gasteiger partial charge in [0.05, 0.1) is 10.4 Å². The van der Waals surface area contributed by atoms with Gasteiger partial charge in [-0.3, -0.25) is 14.2 Å². The second kappa shape index (κ2) is 9.28. The highest BCUT2D eigenvalue weighted by atomic mass is 32.2. The summed E-state index contributed by atoms with van der Waals surface area (Å²) in [6.07, 6.45) is 5.98. The molecular formula is C25H28N2O4S. The molecule has 0 bridgehead atoms. The van der Waals surface area contributed by atoms with E-state index in [0.29, 0.717) is 10.9 Å². The van der Waals surface area contributed by atoms with Crippen molar-refractivity contribution in [2.45, 2.75) is 67.8 Å². The van der Waals surface area contributed by atoms with E-state index in [2.05, 4.69) is 5.32 Å². The average molecular weight is 453 g/mol. The molecular weight excluding hydrogens is 424 g/mol. The summed E-state index contributed by atoms with van der Waals surface area (Å²) in [5.41, 5.74) is 0.903. The molecule has 0 spiro atoms. The van der Waals surface area contributed by atoms with Crippen molar-refractivity contribution in [1.82, 2.24) is 9.88 Å². The third kappa shape index (κ3) is 4.48. The highest BCUT2D eigenvalue weighted by molar-refractivity contribution is 7.91. The predicted molar refractivity (Wildman–Crippen MR) is 124 cm³/mol. The summed E-state index contributed by atoms with van der Waals surface area (Å²) in [6, 6.07) is 15.1. The SMILES string of the molecule is CCc1ccc2c(c1)cc(S(=O)(=O)c1ccccc1)c(=O)n2CC(=O)NC1CCCCC1. The van der Waals surface area contributed by atoms with Crippen molar-refractivity contribution in [2.75, 3.05) is 0 Å². The van der Waals surface area contributed by atoms with Gasteiger partial charge in [-0.25, -0.2) is 8.42 Å². The lowest BCUT2D eigenvalue weighted by Crippen LogP contribution is -2.40. The first-order valence-electron chi connectivity index (χ1n) is 11.2. The Labute approximate surface area is 188 Å². The van der Waals surface area contributed by atoms with Crippen molar-refractivity contribution in [1.29, 1.82) is 0 Å². The van der Waals surface area contributed by atoms with Gasteiger partial charge >= 0.3 is 0 Å². The summed E-state index contributed by atoms with van der Waals surface area (Å²) >= 11 is 0. The Morgan fingerprint density at radius 1 is 1.03 bits per heavy atom. The van der Waals surface area contributed by atoms with E-state index in [1.54, 1.807) is 24.3 Å². The summed E-state index contributed by atoms with van der Waals surface area (Å²) in [6.45, 7) is 1.80. The van der Waals surface area contributed by atoms with Crippen molar-refractivity contribution < 1.29 is 13.2 Å². The molecule has 3 aromatic rings. The van der Waals surface area contributed by atoms with Gasteiger partial charge in [-0.15, -0.1) is 0 Å². The van der Waals surface area contributed by atoms with Gasteiger partial charge in [-0.05, 0) is 55.2 Å². The number of carbonyl (C=O) groups is 1. The Balaban J connectivity index is 1.81. The van der Waals surface area contributed by atoms with Crippen LogP contribution in [0.5, 0.6) is 0 Å². The van der Waals surface area contributed by atoms with Gasteiger partial charge in [0, 0.05) is 11.4 Å². The molecule has 6 nitrogen and oxygen atoms in total. The molecule has 1 aromatic heterocycles. The van der Waals surface area contributed by atoms with E-state index in [9.17, 15) is 18.0 Å². The quantitative estimate of drug-likeness (QED) is 0.616. The van der Waals surface area contributed by atoms with Gasteiger partial charge in [0.2, 0.25) is 15.7 Å². The lowest BCUT2D eigenvalue weighted by atomic mass is 9.95. The third-order valence-corrected chi connectivity index (χ3v) is 7.91. The minimum Gasteiger partial charge on any atom is -0.352 e. The number of rotatable bonds is 6. The fraction of sp³-hybridized carbons (Fsp3) is 0.360. The van der Waals surface area contributed by atoms with Gasteiger partial charge in [0.15, 0.2) is 0 Å². The zero-order valence-electron chi connectivity index (χ0n) is 18.2. The Hall–Kier alpha value is -2.93. The van der Waals surface area contributed by atoms with Crippen LogP contribution in [0.25, 0.3) is 10.9 Å². The summed E-state index contributed by atoms with van der Waals surface area (Å²) in [7, 11) is -4.03. The van der Waals surface area contributed by atoms with Crippen molar-refractivity contribution in [3.05, 3.63) is 70.5 Å². The van der Waals surface area contributed by atoms with Gasteiger partial charge in [0.1, 0.15) is 11.4 Å². The molecule has 0 saturated heterocycles. The Morgan fingerprint density at radius 3 is 2.44 bits per heavy atom. The maximum Gasteiger partial charge on any atom is 0.270 e. The Bertz CT molecular complexity index is 1290. The van der Waals surface area contributed by atoms with Crippen LogP contribution in [0.1, 0.15) is 44.6 Å². The van der Waals surface area contributed by atoms with Crippen LogP contribution in [0.15, 0.2) is 69.2 Å². The smallest absolute Gasteiger partial charge is 0.270 e. The molecule has 0 atom stereocenters. The standard InChI is InChI=1S/C25H28N2O4S/c1-2-18-13-14-22-19(15-18)16-23(32(30,31)21-11-7-4-8-12-21)25(29)27(22)17-24(28)26-20-9-5-3-6-10-20/h4,7-8,11-16,20H,2-3,5-6,9-10,17H2,1H3,(H,26,28). The molecule has 1 fully saturated rings. The first-order valence-corrected chi connectivity index (χ1v) is 12.6. The Morgan fingerprint density at radius 2 is 1.75 bits per heavy atom. The molecule has 1 saturated carbocycles. The molecule has 0 unspecified atom stereocenters. The summed E-state index contributed by atoms with van der Waals surface area (Å²) in [5.74, 6) is -0.269. The molecule has 7 heteroatoms. The maximum absolute atomic E-state index is 13.4. The van der Waals surface area contributed by atoms with E-state index in [1.807, 2.05) is 19.1 Å². The molecule has 1 aliphatic rings. The molecule has 1 amide bonds. The number of fused-ring (bicyclic) bond motifs is 1. The molecule has 0 aliphatic heterocycles. The lowest BCUT2D eigenvalue weighted by Gasteiger charge is -2.23. The van der Waals surface area contributed by atoms with Crippen LogP contribution in [-0.4, -0.2) is 24.9 Å². The maximum atomic E-state index is 13.4. The van der Waals surface area contributed by atoms with E-state index in [4.69, 9.17) is 0 Å². The highest BCUT2D eigenvalue weighted by Gasteiger charge is 2.25.